The van der Waals surface area contributed by atoms with Crippen molar-refractivity contribution in [1.29, 1.82) is 0 Å². The third-order valence-electron chi connectivity index (χ3n) is 2.58. The van der Waals surface area contributed by atoms with Gasteiger partial charge in [0.25, 0.3) is 0 Å². The van der Waals surface area contributed by atoms with Crippen LogP contribution in [0.2, 0.25) is 0 Å². The number of benzene rings is 1. The Hall–Kier alpha value is -1.62. The van der Waals surface area contributed by atoms with Crippen LogP contribution in [0.3, 0.4) is 0 Å². The maximum atomic E-state index is 5.74. The molecule has 0 atom stereocenters. The predicted molar refractivity (Wildman–Crippen MR) is 74.2 cm³/mol. The fourth-order valence-electron chi connectivity index (χ4n) is 1.60. The molecule has 1 aromatic heterocycles. The van der Waals surface area contributed by atoms with Crippen LogP contribution in [0.5, 0.6) is 5.75 Å². The lowest BCUT2D eigenvalue weighted by molar-refractivity contribution is 0.301. The SMILES string of the molecule is CCNc1snnc1COc1cccc(CC)c1. The number of aromatic nitrogens is 2. The lowest BCUT2D eigenvalue weighted by Crippen LogP contribution is -2.02. The molecule has 0 radical (unpaired) electrons. The van der Waals surface area contributed by atoms with Crippen molar-refractivity contribution in [3.05, 3.63) is 35.5 Å². The first-order valence-electron chi connectivity index (χ1n) is 6.10. The highest BCUT2D eigenvalue weighted by atomic mass is 32.1. The third-order valence-corrected chi connectivity index (χ3v) is 3.30. The van der Waals surface area contributed by atoms with Gasteiger partial charge in [0.15, 0.2) is 0 Å². The van der Waals surface area contributed by atoms with Crippen LogP contribution in [0, 0.1) is 0 Å². The van der Waals surface area contributed by atoms with E-state index < -0.39 is 0 Å². The van der Waals surface area contributed by atoms with Crippen LogP contribution >= 0.6 is 11.5 Å². The van der Waals surface area contributed by atoms with Gasteiger partial charge >= 0.3 is 0 Å². The molecule has 0 spiro atoms. The van der Waals surface area contributed by atoms with Crippen molar-refractivity contribution in [3.8, 4) is 5.75 Å². The van der Waals surface area contributed by atoms with E-state index in [4.69, 9.17) is 4.74 Å². The molecular formula is C13H17N3OS. The van der Waals surface area contributed by atoms with Gasteiger partial charge in [-0.1, -0.05) is 23.5 Å². The van der Waals surface area contributed by atoms with Crippen LogP contribution in [0.15, 0.2) is 24.3 Å². The monoisotopic (exact) mass is 263 g/mol. The highest BCUT2D eigenvalue weighted by Crippen LogP contribution is 2.20. The maximum Gasteiger partial charge on any atom is 0.136 e. The number of nitrogens with one attached hydrogen (secondary N) is 1. The summed E-state index contributed by atoms with van der Waals surface area (Å²) in [5, 5.41) is 8.29. The van der Waals surface area contributed by atoms with Gasteiger partial charge in [0.1, 0.15) is 23.1 Å². The minimum atomic E-state index is 0.450. The van der Waals surface area contributed by atoms with Crippen molar-refractivity contribution in [1.82, 2.24) is 9.59 Å². The number of rotatable bonds is 6. The summed E-state index contributed by atoms with van der Waals surface area (Å²) in [5.41, 5.74) is 2.14. The van der Waals surface area contributed by atoms with Crippen molar-refractivity contribution in [2.24, 2.45) is 0 Å². The van der Waals surface area contributed by atoms with Crippen LogP contribution < -0.4 is 10.1 Å². The molecule has 1 heterocycles. The van der Waals surface area contributed by atoms with E-state index in [9.17, 15) is 0 Å². The molecule has 4 nitrogen and oxygen atoms in total. The molecule has 1 aromatic carbocycles. The Morgan fingerprint density at radius 1 is 1.33 bits per heavy atom. The van der Waals surface area contributed by atoms with E-state index in [1.807, 2.05) is 12.1 Å². The Morgan fingerprint density at radius 2 is 2.22 bits per heavy atom. The molecule has 2 aromatic rings. The summed E-state index contributed by atoms with van der Waals surface area (Å²) in [6.07, 6.45) is 1.01. The fourth-order valence-corrected chi connectivity index (χ4v) is 2.24. The second kappa shape index (κ2) is 6.35. The summed E-state index contributed by atoms with van der Waals surface area (Å²) in [7, 11) is 0. The largest absolute Gasteiger partial charge is 0.487 e. The number of aryl methyl sites for hydroxylation is 1. The van der Waals surface area contributed by atoms with E-state index in [1.54, 1.807) is 0 Å². The maximum absolute atomic E-state index is 5.74. The standard InChI is InChI=1S/C13H17N3OS/c1-3-10-6-5-7-11(8-10)17-9-12-13(14-4-2)18-16-15-12/h5-8,14H,3-4,9H2,1-2H3. The zero-order valence-electron chi connectivity index (χ0n) is 10.6. The van der Waals surface area contributed by atoms with Gasteiger partial charge in [-0.05, 0) is 31.0 Å². The third kappa shape index (κ3) is 3.20. The van der Waals surface area contributed by atoms with Crippen molar-refractivity contribution in [3.63, 3.8) is 0 Å². The molecule has 0 aliphatic heterocycles. The van der Waals surface area contributed by atoms with Crippen LogP contribution in [-0.2, 0) is 13.0 Å². The molecular weight excluding hydrogens is 246 g/mol. The number of hydrogen-bond acceptors (Lipinski definition) is 5. The van der Waals surface area contributed by atoms with Crippen molar-refractivity contribution < 1.29 is 4.74 Å². The van der Waals surface area contributed by atoms with E-state index >= 15 is 0 Å². The molecule has 0 aliphatic rings. The van der Waals surface area contributed by atoms with Gasteiger partial charge < -0.3 is 10.1 Å². The Balaban J connectivity index is 1.99. The molecule has 0 saturated heterocycles. The average Bonchev–Trinajstić information content (AvgIpc) is 2.85. The lowest BCUT2D eigenvalue weighted by atomic mass is 10.2. The summed E-state index contributed by atoms with van der Waals surface area (Å²) >= 11 is 1.36. The molecule has 0 amide bonds. The second-order valence-electron chi connectivity index (χ2n) is 3.87. The van der Waals surface area contributed by atoms with E-state index in [0.29, 0.717) is 6.61 Å². The van der Waals surface area contributed by atoms with Gasteiger partial charge in [-0.3, -0.25) is 0 Å². The first-order chi connectivity index (χ1) is 8.83. The highest BCUT2D eigenvalue weighted by molar-refractivity contribution is 7.10. The van der Waals surface area contributed by atoms with E-state index in [-0.39, 0.29) is 0 Å². The van der Waals surface area contributed by atoms with Crippen molar-refractivity contribution >= 4 is 16.5 Å². The molecule has 18 heavy (non-hydrogen) atoms. The minimum Gasteiger partial charge on any atom is -0.487 e. The quantitative estimate of drug-likeness (QED) is 0.870. The second-order valence-corrected chi connectivity index (χ2v) is 4.62. The van der Waals surface area contributed by atoms with Crippen LogP contribution in [0.25, 0.3) is 0 Å². The summed E-state index contributed by atoms with van der Waals surface area (Å²) in [6.45, 7) is 5.50. The normalized spacial score (nSPS) is 10.3. The van der Waals surface area contributed by atoms with E-state index in [0.717, 1.165) is 29.4 Å². The molecule has 1 N–H and O–H groups in total. The molecule has 5 heteroatoms. The first kappa shape index (κ1) is 12.8. The summed E-state index contributed by atoms with van der Waals surface area (Å²) in [4.78, 5) is 0. The van der Waals surface area contributed by atoms with Crippen LogP contribution in [-0.4, -0.2) is 16.1 Å². The smallest absolute Gasteiger partial charge is 0.136 e. The van der Waals surface area contributed by atoms with Gasteiger partial charge in [-0.25, -0.2) is 0 Å². The van der Waals surface area contributed by atoms with Crippen LogP contribution in [0.1, 0.15) is 25.1 Å². The first-order valence-corrected chi connectivity index (χ1v) is 6.87. The van der Waals surface area contributed by atoms with Gasteiger partial charge in [-0.15, -0.1) is 5.10 Å². The fraction of sp³-hybridized carbons (Fsp3) is 0.385. The van der Waals surface area contributed by atoms with E-state index in [1.165, 1.54) is 17.1 Å². The van der Waals surface area contributed by atoms with Gasteiger partial charge in [-0.2, -0.15) is 0 Å². The molecule has 0 bridgehead atoms. The summed E-state index contributed by atoms with van der Waals surface area (Å²) < 4.78 is 9.68. The van der Waals surface area contributed by atoms with Gasteiger partial charge in [0, 0.05) is 18.1 Å². The van der Waals surface area contributed by atoms with Crippen molar-refractivity contribution in [2.75, 3.05) is 11.9 Å². The highest BCUT2D eigenvalue weighted by Gasteiger charge is 2.07. The van der Waals surface area contributed by atoms with Gasteiger partial charge in [0.05, 0.1) is 0 Å². The number of anilines is 1. The summed E-state index contributed by atoms with van der Waals surface area (Å²) in [6, 6.07) is 8.14. The van der Waals surface area contributed by atoms with Crippen LogP contribution in [0.4, 0.5) is 5.00 Å². The molecule has 0 fully saturated rings. The minimum absolute atomic E-state index is 0.450. The van der Waals surface area contributed by atoms with E-state index in [2.05, 4.69) is 40.9 Å². The Labute approximate surface area is 111 Å². The number of nitrogens with zero attached hydrogens (tertiary/aromatic N) is 2. The average molecular weight is 263 g/mol. The zero-order chi connectivity index (χ0) is 12.8. The zero-order valence-corrected chi connectivity index (χ0v) is 11.5. The summed E-state index contributed by atoms with van der Waals surface area (Å²) in [5.74, 6) is 0.879. The molecule has 0 aliphatic carbocycles. The molecule has 96 valence electrons. The Morgan fingerprint density at radius 3 is 3.00 bits per heavy atom. The van der Waals surface area contributed by atoms with Crippen molar-refractivity contribution in [2.45, 2.75) is 26.9 Å². The number of ether oxygens (including phenoxy) is 1. The molecule has 0 unspecified atom stereocenters. The topological polar surface area (TPSA) is 47.0 Å². The molecule has 2 rings (SSSR count). The Kier molecular flexibility index (Phi) is 4.52. The Bertz CT molecular complexity index is 498. The lowest BCUT2D eigenvalue weighted by Gasteiger charge is -2.07. The molecule has 0 saturated carbocycles. The van der Waals surface area contributed by atoms with Gasteiger partial charge in [0.2, 0.25) is 0 Å². The number of hydrogen-bond donors (Lipinski definition) is 1. The predicted octanol–water partition coefficient (Wildman–Crippen LogP) is 3.11.